The molecular weight excluding hydrogens is 437 g/mol. The second kappa shape index (κ2) is 7.07. The van der Waals surface area contributed by atoms with Gasteiger partial charge in [0.25, 0.3) is 5.91 Å². The van der Waals surface area contributed by atoms with Gasteiger partial charge in [0.15, 0.2) is 5.82 Å². The number of aromatic hydroxyl groups is 1. The van der Waals surface area contributed by atoms with Crippen LogP contribution in [0.15, 0.2) is 53.4 Å². The molecule has 0 aliphatic carbocycles. The van der Waals surface area contributed by atoms with Crippen LogP contribution in [-0.4, -0.2) is 51.8 Å². The van der Waals surface area contributed by atoms with E-state index in [2.05, 4.69) is 0 Å². The molecule has 1 fully saturated rings. The number of hydrogen-bond donors (Lipinski definition) is 2. The van der Waals surface area contributed by atoms with Gasteiger partial charge in [0.1, 0.15) is 18.0 Å². The molecular formula is C18H16FN3O6S2. The number of halogens is 1. The fraction of sp³-hybridized carbons (Fsp3) is 0.167. The summed E-state index contributed by atoms with van der Waals surface area (Å²) in [5.74, 6) is -2.59. The van der Waals surface area contributed by atoms with Crippen molar-refractivity contribution in [3.8, 4) is 5.75 Å². The molecule has 30 heavy (non-hydrogen) atoms. The van der Waals surface area contributed by atoms with Crippen molar-refractivity contribution in [3.63, 3.8) is 0 Å². The first-order valence-electron chi connectivity index (χ1n) is 8.70. The standard InChI is InChI=1S/C18H16FN3O6S2/c19-17-14(6-7-15(23)18(17)22-11-16(24)20-30(22,27)28)12-8-9-21(10-12)29(25,26)13-4-2-1-3-5-13/h1-8,23H,9-11H2,(H,20,24). The van der Waals surface area contributed by atoms with E-state index in [1.807, 2.05) is 0 Å². The van der Waals surface area contributed by atoms with E-state index in [0.29, 0.717) is 9.88 Å². The zero-order valence-electron chi connectivity index (χ0n) is 15.3. The van der Waals surface area contributed by atoms with Crippen LogP contribution in [0.3, 0.4) is 0 Å². The molecule has 0 spiro atoms. The molecule has 0 aromatic heterocycles. The number of carbonyl (C=O) groups excluding carboxylic acids is 1. The Morgan fingerprint density at radius 1 is 1.07 bits per heavy atom. The van der Waals surface area contributed by atoms with Crippen LogP contribution in [-0.2, 0) is 25.0 Å². The minimum atomic E-state index is -4.34. The van der Waals surface area contributed by atoms with Crippen LogP contribution in [0.1, 0.15) is 5.56 Å². The van der Waals surface area contributed by atoms with Gasteiger partial charge in [-0.15, -0.1) is 0 Å². The molecule has 1 saturated heterocycles. The summed E-state index contributed by atoms with van der Waals surface area (Å²) < 4.78 is 68.2. The monoisotopic (exact) mass is 453 g/mol. The zero-order valence-corrected chi connectivity index (χ0v) is 17.0. The molecule has 4 rings (SSSR count). The van der Waals surface area contributed by atoms with Crippen LogP contribution < -0.4 is 9.03 Å². The highest BCUT2D eigenvalue weighted by molar-refractivity contribution is 7.92. The molecule has 2 aliphatic rings. The molecule has 0 radical (unpaired) electrons. The van der Waals surface area contributed by atoms with E-state index < -0.39 is 49.9 Å². The van der Waals surface area contributed by atoms with Gasteiger partial charge in [0.2, 0.25) is 10.0 Å². The molecule has 2 aromatic rings. The van der Waals surface area contributed by atoms with Crippen molar-refractivity contribution in [1.82, 2.24) is 9.03 Å². The maximum Gasteiger partial charge on any atom is 0.326 e. The molecule has 0 unspecified atom stereocenters. The van der Waals surface area contributed by atoms with Gasteiger partial charge in [-0.25, -0.2) is 21.8 Å². The summed E-state index contributed by atoms with van der Waals surface area (Å²) >= 11 is 0. The molecule has 0 bridgehead atoms. The number of hydrogen-bond acceptors (Lipinski definition) is 6. The third kappa shape index (κ3) is 3.32. The third-order valence-corrected chi connectivity index (χ3v) is 7.98. The number of sulfonamides is 1. The van der Waals surface area contributed by atoms with E-state index in [9.17, 15) is 26.7 Å². The zero-order chi connectivity index (χ0) is 21.7. The SMILES string of the molecule is O=C1CN(c2c(O)ccc(C3=CCN(S(=O)(=O)c4ccccc4)C3)c2F)S(=O)(=O)N1. The highest BCUT2D eigenvalue weighted by atomic mass is 32.2. The average Bonchev–Trinajstić information content (AvgIpc) is 3.27. The van der Waals surface area contributed by atoms with Crippen molar-refractivity contribution in [2.45, 2.75) is 4.90 Å². The molecule has 0 atom stereocenters. The highest BCUT2D eigenvalue weighted by Crippen LogP contribution is 2.38. The number of nitrogens with one attached hydrogen (secondary N) is 1. The van der Waals surface area contributed by atoms with E-state index >= 15 is 4.39 Å². The fourth-order valence-corrected chi connectivity index (χ4v) is 5.88. The first-order valence-corrected chi connectivity index (χ1v) is 11.6. The number of phenolic OH excluding ortho intramolecular Hbond substituents is 1. The van der Waals surface area contributed by atoms with Crippen LogP contribution >= 0.6 is 0 Å². The summed E-state index contributed by atoms with van der Waals surface area (Å²) in [6, 6.07) is 10.1. The molecule has 1 amide bonds. The Hall–Kier alpha value is -2.96. The maximum absolute atomic E-state index is 15.2. The molecule has 2 aliphatic heterocycles. The number of rotatable bonds is 4. The second-order valence-corrected chi connectivity index (χ2v) is 10.2. The summed E-state index contributed by atoms with van der Waals surface area (Å²) in [4.78, 5) is 11.6. The third-order valence-electron chi connectivity index (χ3n) is 4.78. The van der Waals surface area contributed by atoms with E-state index in [1.165, 1.54) is 24.3 Å². The van der Waals surface area contributed by atoms with Crippen LogP contribution in [0.2, 0.25) is 0 Å². The van der Waals surface area contributed by atoms with Crippen LogP contribution in [0.4, 0.5) is 10.1 Å². The van der Waals surface area contributed by atoms with E-state index in [4.69, 9.17) is 0 Å². The molecule has 12 heteroatoms. The van der Waals surface area contributed by atoms with Crippen molar-refractivity contribution in [1.29, 1.82) is 0 Å². The molecule has 2 heterocycles. The first-order chi connectivity index (χ1) is 14.1. The van der Waals surface area contributed by atoms with Crippen molar-refractivity contribution < 1.29 is 31.1 Å². The quantitative estimate of drug-likeness (QED) is 0.706. The lowest BCUT2D eigenvalue weighted by Crippen LogP contribution is -2.30. The molecule has 0 saturated carbocycles. The molecule has 9 nitrogen and oxygen atoms in total. The average molecular weight is 453 g/mol. The Kier molecular flexibility index (Phi) is 4.79. The van der Waals surface area contributed by atoms with Crippen molar-refractivity contribution in [2.75, 3.05) is 23.9 Å². The van der Waals surface area contributed by atoms with Gasteiger partial charge in [0.05, 0.1) is 4.90 Å². The Balaban J connectivity index is 1.68. The van der Waals surface area contributed by atoms with Crippen molar-refractivity contribution in [3.05, 3.63) is 59.9 Å². The summed E-state index contributed by atoms with van der Waals surface area (Å²) in [5, 5.41) is 10.1. The summed E-state index contributed by atoms with van der Waals surface area (Å²) in [6.07, 6.45) is 1.52. The minimum Gasteiger partial charge on any atom is -0.506 e. The minimum absolute atomic E-state index is 0.00423. The summed E-state index contributed by atoms with van der Waals surface area (Å²) in [7, 11) is -8.14. The van der Waals surface area contributed by atoms with Gasteiger partial charge < -0.3 is 5.11 Å². The Morgan fingerprint density at radius 2 is 1.77 bits per heavy atom. The molecule has 2 N–H and O–H groups in total. The summed E-state index contributed by atoms with van der Waals surface area (Å²) in [6.45, 7) is -0.809. The van der Waals surface area contributed by atoms with Crippen LogP contribution in [0.25, 0.3) is 5.57 Å². The first kappa shape index (κ1) is 20.3. The Labute approximate surface area is 172 Å². The number of carbonyl (C=O) groups is 1. The van der Waals surface area contributed by atoms with Gasteiger partial charge in [-0.2, -0.15) is 12.7 Å². The largest absolute Gasteiger partial charge is 0.506 e. The number of phenols is 1. The fourth-order valence-electron chi connectivity index (χ4n) is 3.34. The van der Waals surface area contributed by atoms with Gasteiger partial charge >= 0.3 is 10.2 Å². The van der Waals surface area contributed by atoms with Gasteiger partial charge in [-0.05, 0) is 29.8 Å². The van der Waals surface area contributed by atoms with Crippen molar-refractivity contribution >= 4 is 37.4 Å². The van der Waals surface area contributed by atoms with Gasteiger partial charge in [-0.3, -0.25) is 4.79 Å². The smallest absolute Gasteiger partial charge is 0.326 e. The van der Waals surface area contributed by atoms with Crippen molar-refractivity contribution in [2.24, 2.45) is 0 Å². The van der Waals surface area contributed by atoms with Crippen LogP contribution in [0.5, 0.6) is 5.75 Å². The lowest BCUT2D eigenvalue weighted by molar-refractivity contribution is -0.117. The van der Waals surface area contributed by atoms with Gasteiger partial charge in [0, 0.05) is 18.7 Å². The number of anilines is 1. The molecule has 158 valence electrons. The predicted octanol–water partition coefficient (Wildman–Crippen LogP) is 0.800. The second-order valence-electron chi connectivity index (χ2n) is 6.67. The van der Waals surface area contributed by atoms with Gasteiger partial charge in [-0.1, -0.05) is 24.3 Å². The van der Waals surface area contributed by atoms with E-state index in [0.717, 1.165) is 10.4 Å². The normalized spacial score (nSPS) is 19.0. The topological polar surface area (TPSA) is 124 Å². The van der Waals surface area contributed by atoms with E-state index in [1.54, 1.807) is 22.9 Å². The predicted molar refractivity (Wildman–Crippen MR) is 106 cm³/mol. The maximum atomic E-state index is 15.2. The highest BCUT2D eigenvalue weighted by Gasteiger charge is 2.38. The Bertz CT molecular complexity index is 1280. The molecule has 2 aromatic carbocycles. The lowest BCUT2D eigenvalue weighted by atomic mass is 10.0. The van der Waals surface area contributed by atoms with E-state index in [-0.39, 0.29) is 23.5 Å². The number of amides is 1. The lowest BCUT2D eigenvalue weighted by Gasteiger charge is -2.20. The summed E-state index contributed by atoms with van der Waals surface area (Å²) in [5.41, 5.74) is -0.427. The number of nitrogens with zero attached hydrogens (tertiary/aromatic N) is 2. The number of benzene rings is 2. The Morgan fingerprint density at radius 3 is 2.40 bits per heavy atom. The van der Waals surface area contributed by atoms with Crippen LogP contribution in [0, 0.1) is 5.82 Å².